The molecular weight excluding hydrogens is 250 g/mol. The lowest BCUT2D eigenvalue weighted by Crippen LogP contribution is -2.47. The lowest BCUT2D eigenvalue weighted by atomic mass is 9.87. The maximum Gasteiger partial charge on any atom is 0.109 e. The quantitative estimate of drug-likeness (QED) is 0.736. The second-order valence-electron chi connectivity index (χ2n) is 5.32. The molecule has 5 N–H and O–H groups in total. The van der Waals surface area contributed by atoms with Crippen LogP contribution in [0.3, 0.4) is 0 Å². The van der Waals surface area contributed by atoms with Crippen molar-refractivity contribution < 1.29 is 5.11 Å². The molecule has 3 rings (SSSR count). The highest BCUT2D eigenvalue weighted by molar-refractivity contribution is 5.96. The molecule has 0 saturated carbocycles. The van der Waals surface area contributed by atoms with Crippen molar-refractivity contribution in [3.8, 4) is 0 Å². The van der Waals surface area contributed by atoms with Gasteiger partial charge in [0.25, 0.3) is 0 Å². The molecule has 0 amide bonds. The standard InChI is InChI=1S/C16H19N3O/c1-19(16(17)18)9-12-8-11-6-2-4-10-5-3-7-13(14(10)11)15(12)20/h2-8,15-16,20H,9,17-18H2,1H3. The van der Waals surface area contributed by atoms with Crippen LogP contribution in [0.25, 0.3) is 16.8 Å². The van der Waals surface area contributed by atoms with Crippen LogP contribution >= 0.6 is 0 Å². The van der Waals surface area contributed by atoms with Gasteiger partial charge in [-0.1, -0.05) is 42.5 Å². The third-order valence-electron chi connectivity index (χ3n) is 3.90. The summed E-state index contributed by atoms with van der Waals surface area (Å²) >= 11 is 0. The number of hydrogen-bond donors (Lipinski definition) is 3. The number of aliphatic hydroxyl groups is 1. The summed E-state index contributed by atoms with van der Waals surface area (Å²) in [6.45, 7) is 0.545. The average Bonchev–Trinajstić information content (AvgIpc) is 2.44. The van der Waals surface area contributed by atoms with E-state index >= 15 is 0 Å². The first kappa shape index (κ1) is 13.3. The van der Waals surface area contributed by atoms with Gasteiger partial charge in [0.15, 0.2) is 0 Å². The molecule has 4 nitrogen and oxygen atoms in total. The summed E-state index contributed by atoms with van der Waals surface area (Å²) in [6.07, 6.45) is 0.907. The van der Waals surface area contributed by atoms with Crippen LogP contribution in [0.15, 0.2) is 42.0 Å². The molecular formula is C16H19N3O. The summed E-state index contributed by atoms with van der Waals surface area (Å²) in [5.74, 6) is 0. The maximum absolute atomic E-state index is 10.6. The third kappa shape index (κ3) is 2.13. The van der Waals surface area contributed by atoms with Gasteiger partial charge < -0.3 is 16.6 Å². The molecule has 104 valence electrons. The molecule has 1 aliphatic rings. The van der Waals surface area contributed by atoms with Crippen LogP contribution in [-0.2, 0) is 0 Å². The summed E-state index contributed by atoms with van der Waals surface area (Å²) in [5, 5.41) is 12.9. The van der Waals surface area contributed by atoms with Gasteiger partial charge in [0.2, 0.25) is 0 Å². The topological polar surface area (TPSA) is 75.5 Å². The Hall–Kier alpha value is -1.72. The Balaban J connectivity index is 2.08. The molecule has 2 aromatic carbocycles. The molecule has 4 heteroatoms. The molecule has 0 bridgehead atoms. The first-order valence-corrected chi connectivity index (χ1v) is 6.69. The Bertz CT molecular complexity index is 673. The van der Waals surface area contributed by atoms with Crippen molar-refractivity contribution in [1.29, 1.82) is 0 Å². The van der Waals surface area contributed by atoms with E-state index in [9.17, 15) is 5.11 Å². The van der Waals surface area contributed by atoms with Crippen molar-refractivity contribution >= 4 is 16.8 Å². The normalized spacial score (nSPS) is 17.9. The Morgan fingerprint density at radius 1 is 1.20 bits per heavy atom. The minimum Gasteiger partial charge on any atom is -0.384 e. The van der Waals surface area contributed by atoms with Gasteiger partial charge in [-0.3, -0.25) is 4.90 Å². The molecule has 1 unspecified atom stereocenters. The van der Waals surface area contributed by atoms with Gasteiger partial charge >= 0.3 is 0 Å². The summed E-state index contributed by atoms with van der Waals surface area (Å²) in [4.78, 5) is 1.81. The minimum absolute atomic E-state index is 0.531. The minimum atomic E-state index is -0.602. The summed E-state index contributed by atoms with van der Waals surface area (Å²) in [6, 6.07) is 12.2. The number of nitrogens with zero attached hydrogens (tertiary/aromatic N) is 1. The highest BCUT2D eigenvalue weighted by atomic mass is 16.3. The fourth-order valence-corrected chi connectivity index (χ4v) is 2.75. The molecule has 0 fully saturated rings. The van der Waals surface area contributed by atoms with E-state index in [1.807, 2.05) is 36.2 Å². The molecule has 2 aromatic rings. The van der Waals surface area contributed by atoms with Gasteiger partial charge in [-0.05, 0) is 34.5 Å². The fraction of sp³-hybridized carbons (Fsp3) is 0.250. The van der Waals surface area contributed by atoms with Crippen LogP contribution in [0, 0.1) is 0 Å². The lowest BCUT2D eigenvalue weighted by molar-refractivity contribution is 0.191. The van der Waals surface area contributed by atoms with Crippen LogP contribution in [0.5, 0.6) is 0 Å². The van der Waals surface area contributed by atoms with E-state index in [0.29, 0.717) is 6.54 Å². The Morgan fingerprint density at radius 3 is 2.60 bits per heavy atom. The fourth-order valence-electron chi connectivity index (χ4n) is 2.75. The highest BCUT2D eigenvalue weighted by Gasteiger charge is 2.23. The van der Waals surface area contributed by atoms with E-state index in [1.54, 1.807) is 0 Å². The van der Waals surface area contributed by atoms with Crippen LogP contribution in [0.4, 0.5) is 0 Å². The monoisotopic (exact) mass is 269 g/mol. The lowest BCUT2D eigenvalue weighted by Gasteiger charge is -2.28. The van der Waals surface area contributed by atoms with Crippen LogP contribution in [-0.4, -0.2) is 29.9 Å². The SMILES string of the molecule is CN(CC1=Cc2cccc3cccc(c23)C1O)C(N)N. The van der Waals surface area contributed by atoms with E-state index in [2.05, 4.69) is 18.2 Å². The predicted molar refractivity (Wildman–Crippen MR) is 81.7 cm³/mol. The molecule has 20 heavy (non-hydrogen) atoms. The van der Waals surface area contributed by atoms with Gasteiger partial charge in [-0.15, -0.1) is 0 Å². The average molecular weight is 269 g/mol. The zero-order valence-corrected chi connectivity index (χ0v) is 11.5. The Labute approximate surface area is 118 Å². The van der Waals surface area contributed by atoms with E-state index < -0.39 is 12.4 Å². The molecule has 0 aromatic heterocycles. The van der Waals surface area contributed by atoms with Crippen molar-refractivity contribution in [1.82, 2.24) is 4.90 Å². The number of likely N-dealkylation sites (N-methyl/N-ethyl adjacent to an activating group) is 1. The number of aliphatic hydroxyl groups excluding tert-OH is 1. The molecule has 0 saturated heterocycles. The van der Waals surface area contributed by atoms with Crippen molar-refractivity contribution in [3.05, 3.63) is 53.1 Å². The molecule has 0 heterocycles. The first-order valence-electron chi connectivity index (χ1n) is 6.69. The molecule has 1 aliphatic carbocycles. The molecule has 0 aliphatic heterocycles. The molecule has 0 radical (unpaired) electrons. The van der Waals surface area contributed by atoms with Gasteiger partial charge in [-0.25, -0.2) is 0 Å². The first-order chi connectivity index (χ1) is 9.58. The summed E-state index contributed by atoms with van der Waals surface area (Å²) in [5.41, 5.74) is 14.3. The van der Waals surface area contributed by atoms with Gasteiger partial charge in [0, 0.05) is 6.54 Å². The second-order valence-corrected chi connectivity index (χ2v) is 5.32. The summed E-state index contributed by atoms with van der Waals surface area (Å²) in [7, 11) is 1.85. The zero-order chi connectivity index (χ0) is 14.3. The largest absolute Gasteiger partial charge is 0.384 e. The van der Waals surface area contributed by atoms with E-state index in [0.717, 1.165) is 27.5 Å². The van der Waals surface area contributed by atoms with Gasteiger partial charge in [0.05, 0.1) is 0 Å². The van der Waals surface area contributed by atoms with Crippen LogP contribution in [0.2, 0.25) is 0 Å². The number of benzene rings is 2. The molecule has 0 spiro atoms. The number of hydrogen-bond acceptors (Lipinski definition) is 4. The Kier molecular flexibility index (Phi) is 3.31. The van der Waals surface area contributed by atoms with Gasteiger partial charge in [-0.2, -0.15) is 0 Å². The zero-order valence-electron chi connectivity index (χ0n) is 11.5. The van der Waals surface area contributed by atoms with E-state index in [-0.39, 0.29) is 0 Å². The van der Waals surface area contributed by atoms with Crippen molar-refractivity contribution in [3.63, 3.8) is 0 Å². The third-order valence-corrected chi connectivity index (χ3v) is 3.90. The van der Waals surface area contributed by atoms with Crippen molar-refractivity contribution in [2.45, 2.75) is 12.4 Å². The predicted octanol–water partition coefficient (Wildman–Crippen LogP) is 1.40. The molecule has 1 atom stereocenters. The maximum atomic E-state index is 10.6. The second kappa shape index (κ2) is 5.00. The van der Waals surface area contributed by atoms with Crippen molar-refractivity contribution in [2.24, 2.45) is 11.5 Å². The smallest absolute Gasteiger partial charge is 0.109 e. The van der Waals surface area contributed by atoms with Crippen LogP contribution < -0.4 is 11.5 Å². The van der Waals surface area contributed by atoms with Crippen molar-refractivity contribution in [2.75, 3.05) is 13.6 Å². The van der Waals surface area contributed by atoms with Crippen LogP contribution in [0.1, 0.15) is 17.2 Å². The van der Waals surface area contributed by atoms with E-state index in [4.69, 9.17) is 11.5 Å². The van der Waals surface area contributed by atoms with Gasteiger partial charge in [0.1, 0.15) is 12.4 Å². The number of rotatable bonds is 3. The number of nitrogens with two attached hydrogens (primary N) is 2. The Morgan fingerprint density at radius 2 is 1.90 bits per heavy atom. The van der Waals surface area contributed by atoms with E-state index in [1.165, 1.54) is 0 Å². The summed E-state index contributed by atoms with van der Waals surface area (Å²) < 4.78 is 0. The highest BCUT2D eigenvalue weighted by Crippen LogP contribution is 2.37.